The molecule has 2 fully saturated rings. The van der Waals surface area contributed by atoms with Crippen molar-refractivity contribution in [1.29, 1.82) is 0 Å². The molecule has 7 heteroatoms. The number of carbonyl (C=O) groups excluding carboxylic acids is 1. The van der Waals surface area contributed by atoms with Crippen molar-refractivity contribution >= 4 is 34.5 Å². The van der Waals surface area contributed by atoms with Gasteiger partial charge in [-0.3, -0.25) is 9.36 Å². The van der Waals surface area contributed by atoms with Gasteiger partial charge in [-0.25, -0.2) is 4.98 Å². The minimum absolute atomic E-state index is 0.0394. The molecule has 0 aliphatic carbocycles. The van der Waals surface area contributed by atoms with E-state index >= 15 is 0 Å². The third kappa shape index (κ3) is 4.46. The summed E-state index contributed by atoms with van der Waals surface area (Å²) in [5.41, 5.74) is 6.47. The van der Waals surface area contributed by atoms with Crippen LogP contribution in [0.2, 0.25) is 5.02 Å². The maximum Gasteiger partial charge on any atom is 0.223 e. The number of imidazole rings is 1. The summed E-state index contributed by atoms with van der Waals surface area (Å²) in [6.45, 7) is 9.20. The minimum Gasteiger partial charge on any atom is -0.379 e. The Morgan fingerprint density at radius 2 is 1.79 bits per heavy atom. The van der Waals surface area contributed by atoms with E-state index in [1.54, 1.807) is 0 Å². The second-order valence-corrected chi connectivity index (χ2v) is 9.92. The fourth-order valence-corrected chi connectivity index (χ4v) is 5.20. The fourth-order valence-electron chi connectivity index (χ4n) is 5.05. The predicted octanol–water partition coefficient (Wildman–Crippen LogP) is 4.73. The van der Waals surface area contributed by atoms with Gasteiger partial charge in [0.15, 0.2) is 0 Å². The normalized spacial score (nSPS) is 19.4. The molecule has 33 heavy (non-hydrogen) atoms. The average Bonchev–Trinajstić information content (AvgIpc) is 3.41. The van der Waals surface area contributed by atoms with Crippen molar-refractivity contribution in [3.8, 4) is 5.69 Å². The highest BCUT2D eigenvalue weighted by Crippen LogP contribution is 2.33. The molecule has 0 spiro atoms. The van der Waals surface area contributed by atoms with Crippen LogP contribution in [0.5, 0.6) is 0 Å². The van der Waals surface area contributed by atoms with Crippen LogP contribution in [-0.2, 0) is 9.53 Å². The first kappa shape index (κ1) is 22.2. The maximum absolute atomic E-state index is 12.8. The molecule has 1 N–H and O–H groups in total. The van der Waals surface area contributed by atoms with Crippen molar-refractivity contribution in [3.05, 3.63) is 52.0 Å². The highest BCUT2D eigenvalue weighted by Gasteiger charge is 2.30. The lowest BCUT2D eigenvalue weighted by molar-refractivity contribution is -0.126. The second kappa shape index (κ2) is 8.99. The van der Waals surface area contributed by atoms with Crippen LogP contribution in [0.25, 0.3) is 16.7 Å². The molecule has 2 saturated heterocycles. The van der Waals surface area contributed by atoms with Gasteiger partial charge >= 0.3 is 0 Å². The van der Waals surface area contributed by atoms with E-state index in [0.29, 0.717) is 6.61 Å². The summed E-state index contributed by atoms with van der Waals surface area (Å²) < 4.78 is 7.61. The van der Waals surface area contributed by atoms with Crippen molar-refractivity contribution in [2.75, 3.05) is 31.2 Å². The first-order valence-corrected chi connectivity index (χ1v) is 12.2. The third-order valence-corrected chi connectivity index (χ3v) is 7.21. The topological polar surface area (TPSA) is 59.4 Å². The Labute approximate surface area is 199 Å². The Morgan fingerprint density at radius 1 is 1.06 bits per heavy atom. The number of fused-ring (bicyclic) bond motifs is 1. The van der Waals surface area contributed by atoms with E-state index in [0.717, 1.165) is 72.2 Å². The molecule has 0 bridgehead atoms. The quantitative estimate of drug-likeness (QED) is 0.604. The van der Waals surface area contributed by atoms with Crippen LogP contribution in [0.4, 0.5) is 5.95 Å². The van der Waals surface area contributed by atoms with Gasteiger partial charge in [-0.05, 0) is 81.0 Å². The van der Waals surface area contributed by atoms with Crippen LogP contribution in [0.15, 0.2) is 30.3 Å². The van der Waals surface area contributed by atoms with E-state index in [4.69, 9.17) is 21.3 Å². The van der Waals surface area contributed by atoms with Gasteiger partial charge in [0, 0.05) is 36.3 Å². The molecule has 1 unspecified atom stereocenters. The number of aromatic nitrogens is 2. The largest absolute Gasteiger partial charge is 0.379 e. The van der Waals surface area contributed by atoms with Gasteiger partial charge in [0.1, 0.15) is 0 Å². The van der Waals surface area contributed by atoms with Gasteiger partial charge in [0.25, 0.3) is 0 Å². The zero-order chi connectivity index (χ0) is 23.1. The summed E-state index contributed by atoms with van der Waals surface area (Å²) in [7, 11) is 0. The van der Waals surface area contributed by atoms with Crippen LogP contribution < -0.4 is 10.2 Å². The standard InChI is InChI=1S/C26H31ClN4O2/c1-16-10-17(2)12-21(11-16)31-24-14-22(27)18(3)13-23(24)29-26(31)30-7-4-19(5-8-30)25(32)28-20-6-9-33-15-20/h10-14,19-20H,4-9,15H2,1-3H3,(H,28,32). The molecular formula is C26H31ClN4O2. The lowest BCUT2D eigenvalue weighted by atomic mass is 9.95. The van der Waals surface area contributed by atoms with Crippen molar-refractivity contribution in [3.63, 3.8) is 0 Å². The summed E-state index contributed by atoms with van der Waals surface area (Å²) in [5, 5.41) is 3.91. The van der Waals surface area contributed by atoms with Gasteiger partial charge in [0.2, 0.25) is 11.9 Å². The van der Waals surface area contributed by atoms with Crippen LogP contribution in [0.3, 0.4) is 0 Å². The van der Waals surface area contributed by atoms with E-state index in [2.05, 4.69) is 52.9 Å². The van der Waals surface area contributed by atoms with Crippen LogP contribution in [-0.4, -0.2) is 47.8 Å². The highest BCUT2D eigenvalue weighted by atomic mass is 35.5. The lowest BCUT2D eigenvalue weighted by Crippen LogP contribution is -2.44. The third-order valence-electron chi connectivity index (χ3n) is 6.81. The number of carbonyl (C=O) groups is 1. The number of benzene rings is 2. The molecule has 1 amide bonds. The van der Waals surface area contributed by atoms with E-state index in [1.807, 2.05) is 13.0 Å². The molecule has 174 valence electrons. The Hall–Kier alpha value is -2.57. The number of anilines is 1. The number of rotatable bonds is 4. The van der Waals surface area contributed by atoms with E-state index < -0.39 is 0 Å². The molecule has 3 aromatic rings. The first-order valence-electron chi connectivity index (χ1n) is 11.8. The summed E-state index contributed by atoms with van der Waals surface area (Å²) in [6, 6.07) is 10.8. The molecule has 0 radical (unpaired) electrons. The second-order valence-electron chi connectivity index (χ2n) is 9.51. The van der Waals surface area contributed by atoms with Crippen LogP contribution >= 0.6 is 11.6 Å². The van der Waals surface area contributed by atoms with Gasteiger partial charge in [-0.2, -0.15) is 0 Å². The fraction of sp³-hybridized carbons (Fsp3) is 0.462. The molecule has 5 rings (SSSR count). The molecule has 1 aromatic heterocycles. The van der Waals surface area contributed by atoms with Crippen LogP contribution in [0.1, 0.15) is 36.0 Å². The summed E-state index contributed by atoms with van der Waals surface area (Å²) in [4.78, 5) is 20.1. The smallest absolute Gasteiger partial charge is 0.223 e. The number of nitrogens with zero attached hydrogens (tertiary/aromatic N) is 3. The zero-order valence-electron chi connectivity index (χ0n) is 19.5. The number of halogens is 1. The van der Waals surface area contributed by atoms with E-state index in [-0.39, 0.29) is 17.9 Å². The molecular weight excluding hydrogens is 436 g/mol. The van der Waals surface area contributed by atoms with Gasteiger partial charge in [-0.15, -0.1) is 0 Å². The Kier molecular flexibility index (Phi) is 6.06. The highest BCUT2D eigenvalue weighted by molar-refractivity contribution is 6.32. The summed E-state index contributed by atoms with van der Waals surface area (Å²) in [5.74, 6) is 1.12. The molecule has 0 saturated carbocycles. The van der Waals surface area contributed by atoms with Gasteiger partial charge in [-0.1, -0.05) is 17.7 Å². The van der Waals surface area contributed by atoms with Crippen molar-refractivity contribution in [1.82, 2.24) is 14.9 Å². The van der Waals surface area contributed by atoms with Crippen molar-refractivity contribution < 1.29 is 9.53 Å². The van der Waals surface area contributed by atoms with E-state index in [9.17, 15) is 4.79 Å². The number of aryl methyl sites for hydroxylation is 3. The number of hydrogen-bond acceptors (Lipinski definition) is 4. The maximum atomic E-state index is 12.8. The monoisotopic (exact) mass is 466 g/mol. The van der Waals surface area contributed by atoms with E-state index in [1.165, 1.54) is 11.1 Å². The lowest BCUT2D eigenvalue weighted by Gasteiger charge is -2.33. The van der Waals surface area contributed by atoms with Crippen molar-refractivity contribution in [2.45, 2.75) is 46.1 Å². The average molecular weight is 467 g/mol. The number of ether oxygens (including phenoxy) is 1. The number of amides is 1. The minimum atomic E-state index is 0.0394. The summed E-state index contributed by atoms with van der Waals surface area (Å²) >= 11 is 6.52. The first-order chi connectivity index (χ1) is 15.9. The molecule has 2 aliphatic heterocycles. The van der Waals surface area contributed by atoms with Gasteiger partial charge < -0.3 is 15.0 Å². The number of nitrogens with one attached hydrogen (secondary N) is 1. The molecule has 3 heterocycles. The van der Waals surface area contributed by atoms with Crippen LogP contribution in [0, 0.1) is 26.7 Å². The Balaban J connectivity index is 1.45. The zero-order valence-corrected chi connectivity index (χ0v) is 20.3. The predicted molar refractivity (Wildman–Crippen MR) is 133 cm³/mol. The Morgan fingerprint density at radius 3 is 2.45 bits per heavy atom. The molecule has 6 nitrogen and oxygen atoms in total. The van der Waals surface area contributed by atoms with Gasteiger partial charge in [0.05, 0.1) is 23.7 Å². The molecule has 2 aromatic carbocycles. The summed E-state index contributed by atoms with van der Waals surface area (Å²) in [6.07, 6.45) is 2.54. The molecule has 2 aliphatic rings. The molecule has 1 atom stereocenters. The number of piperidine rings is 1. The SMILES string of the molecule is Cc1cc(C)cc(-n2c(N3CCC(C(=O)NC4CCOC4)CC3)nc3cc(C)c(Cl)cc32)c1. The Bertz CT molecular complexity index is 1170. The number of hydrogen-bond donors (Lipinski definition) is 1. The van der Waals surface area contributed by atoms with Crippen molar-refractivity contribution in [2.24, 2.45) is 5.92 Å².